The maximum Gasteiger partial charge on any atom is 0.279 e. The van der Waals surface area contributed by atoms with Crippen LogP contribution in [0.1, 0.15) is 97.0 Å². The minimum atomic E-state index is -0.717. The molecule has 0 aliphatic heterocycles. The summed E-state index contributed by atoms with van der Waals surface area (Å²) in [7, 11) is 0. The van der Waals surface area contributed by atoms with E-state index in [0.29, 0.717) is 18.1 Å². The Hall–Kier alpha value is -1.71. The molecule has 0 aliphatic rings. The van der Waals surface area contributed by atoms with Crippen molar-refractivity contribution in [2.45, 2.75) is 104 Å². The summed E-state index contributed by atoms with van der Waals surface area (Å²) < 4.78 is 5.79. The van der Waals surface area contributed by atoms with Crippen molar-refractivity contribution in [3.05, 3.63) is 23.8 Å². The van der Waals surface area contributed by atoms with Gasteiger partial charge < -0.3 is 9.84 Å². The Morgan fingerprint density at radius 2 is 1.57 bits per heavy atom. The highest BCUT2D eigenvalue weighted by atomic mass is 16.5. The van der Waals surface area contributed by atoms with Crippen LogP contribution in [0.3, 0.4) is 0 Å². The number of amides is 1. The molecule has 1 rings (SSSR count). The standard InChI is InChI=1S/C24H40NO3/c1-4-5-6-7-8-9-10-11-12-13-14-23(24(25)27)28-21-15-16-22(26)20(18-21)17-19(2)3/h15-16,18-19,23,25-26H,4-14,17H2,1-3H3. The summed E-state index contributed by atoms with van der Waals surface area (Å²) in [6.45, 7) is 6.42. The normalized spacial score (nSPS) is 12.3. The fraction of sp³-hybridized carbons (Fsp3) is 0.708. The number of benzene rings is 1. The van der Waals surface area contributed by atoms with E-state index in [4.69, 9.17) is 10.5 Å². The average Bonchev–Trinajstić information content (AvgIpc) is 2.64. The van der Waals surface area contributed by atoms with Gasteiger partial charge in [-0.3, -0.25) is 10.5 Å². The topological polar surface area (TPSA) is 70.3 Å². The van der Waals surface area contributed by atoms with E-state index >= 15 is 0 Å². The molecule has 0 saturated heterocycles. The molecule has 1 atom stereocenters. The van der Waals surface area contributed by atoms with Crippen molar-refractivity contribution in [3.8, 4) is 11.5 Å². The Balaban J connectivity index is 2.33. The van der Waals surface area contributed by atoms with E-state index in [1.807, 2.05) is 0 Å². The number of nitrogens with one attached hydrogen (secondary N) is 1. The predicted octanol–water partition coefficient (Wildman–Crippen LogP) is 6.46. The maximum absolute atomic E-state index is 11.7. The molecule has 0 heterocycles. The van der Waals surface area contributed by atoms with Crippen LogP contribution >= 0.6 is 0 Å². The fourth-order valence-corrected chi connectivity index (χ4v) is 3.46. The Morgan fingerprint density at radius 1 is 1.00 bits per heavy atom. The number of aromatic hydroxyl groups is 1. The zero-order valence-electron chi connectivity index (χ0n) is 18.1. The van der Waals surface area contributed by atoms with Gasteiger partial charge in [-0.05, 0) is 48.9 Å². The lowest BCUT2D eigenvalue weighted by Crippen LogP contribution is -2.28. The molecule has 0 aromatic heterocycles. The lowest BCUT2D eigenvalue weighted by Gasteiger charge is -2.17. The highest BCUT2D eigenvalue weighted by Crippen LogP contribution is 2.26. The molecule has 0 fully saturated rings. The smallest absolute Gasteiger partial charge is 0.279 e. The first-order valence-corrected chi connectivity index (χ1v) is 11.2. The molecular formula is C24H40NO3. The van der Waals surface area contributed by atoms with Crippen molar-refractivity contribution in [2.75, 3.05) is 0 Å². The minimum absolute atomic E-state index is 0.254. The fourth-order valence-electron chi connectivity index (χ4n) is 3.46. The van der Waals surface area contributed by atoms with Gasteiger partial charge in [0.25, 0.3) is 5.91 Å². The summed E-state index contributed by atoms with van der Waals surface area (Å²) in [6, 6.07) is 5.08. The van der Waals surface area contributed by atoms with Crippen LogP contribution in [0, 0.1) is 5.92 Å². The quantitative estimate of drug-likeness (QED) is 0.329. The predicted molar refractivity (Wildman–Crippen MR) is 116 cm³/mol. The molecule has 0 saturated carbocycles. The van der Waals surface area contributed by atoms with Crippen LogP contribution in [-0.2, 0) is 11.2 Å². The third-order valence-electron chi connectivity index (χ3n) is 5.07. The summed E-state index contributed by atoms with van der Waals surface area (Å²) in [5, 5.41) is 9.97. The lowest BCUT2D eigenvalue weighted by atomic mass is 10.0. The van der Waals surface area contributed by atoms with Gasteiger partial charge in [0.1, 0.15) is 11.5 Å². The van der Waals surface area contributed by atoms with Gasteiger partial charge in [-0.15, -0.1) is 0 Å². The molecule has 159 valence electrons. The van der Waals surface area contributed by atoms with E-state index in [2.05, 4.69) is 20.8 Å². The molecule has 1 unspecified atom stereocenters. The van der Waals surface area contributed by atoms with Gasteiger partial charge in [0.2, 0.25) is 0 Å². The monoisotopic (exact) mass is 390 g/mol. The summed E-state index contributed by atoms with van der Waals surface area (Å²) in [5.41, 5.74) is 8.33. The largest absolute Gasteiger partial charge is 0.508 e. The van der Waals surface area contributed by atoms with Gasteiger partial charge in [0.15, 0.2) is 6.10 Å². The Morgan fingerprint density at radius 3 is 2.11 bits per heavy atom. The first-order chi connectivity index (χ1) is 13.4. The van der Waals surface area contributed by atoms with E-state index in [1.54, 1.807) is 18.2 Å². The number of rotatable bonds is 16. The molecule has 0 aliphatic carbocycles. The lowest BCUT2D eigenvalue weighted by molar-refractivity contribution is -0.125. The zero-order chi connectivity index (χ0) is 20.8. The third kappa shape index (κ3) is 10.6. The zero-order valence-corrected chi connectivity index (χ0v) is 18.1. The molecule has 1 radical (unpaired) electrons. The Bertz CT molecular complexity index is 557. The number of hydrogen-bond donors (Lipinski definition) is 1. The van der Waals surface area contributed by atoms with Crippen molar-refractivity contribution in [2.24, 2.45) is 5.92 Å². The van der Waals surface area contributed by atoms with Crippen LogP contribution < -0.4 is 10.5 Å². The first-order valence-electron chi connectivity index (χ1n) is 11.2. The van der Waals surface area contributed by atoms with E-state index in [9.17, 15) is 9.90 Å². The molecule has 1 aromatic carbocycles. The van der Waals surface area contributed by atoms with E-state index < -0.39 is 12.0 Å². The number of phenolic OH excluding ortho intramolecular Hbond substituents is 1. The number of carbonyl (C=O) groups is 1. The summed E-state index contributed by atoms with van der Waals surface area (Å²) in [5.74, 6) is 0.562. The van der Waals surface area contributed by atoms with Gasteiger partial charge in [-0.25, -0.2) is 0 Å². The maximum atomic E-state index is 11.7. The van der Waals surface area contributed by atoms with Crippen LogP contribution in [0.5, 0.6) is 11.5 Å². The molecule has 0 spiro atoms. The Labute approximate surface area is 171 Å². The molecule has 1 amide bonds. The van der Waals surface area contributed by atoms with Gasteiger partial charge in [-0.2, -0.15) is 0 Å². The minimum Gasteiger partial charge on any atom is -0.508 e. The third-order valence-corrected chi connectivity index (χ3v) is 5.07. The van der Waals surface area contributed by atoms with Crippen molar-refractivity contribution >= 4 is 5.91 Å². The van der Waals surface area contributed by atoms with Crippen LogP contribution in [-0.4, -0.2) is 17.1 Å². The van der Waals surface area contributed by atoms with E-state index in [-0.39, 0.29) is 5.75 Å². The molecule has 1 aromatic rings. The second-order valence-electron chi connectivity index (χ2n) is 8.33. The molecule has 2 N–H and O–H groups in total. The highest BCUT2D eigenvalue weighted by molar-refractivity contribution is 5.78. The number of ether oxygens (including phenoxy) is 1. The molecular weight excluding hydrogens is 350 g/mol. The van der Waals surface area contributed by atoms with Gasteiger partial charge in [-0.1, -0.05) is 78.6 Å². The van der Waals surface area contributed by atoms with Crippen LogP contribution in [0.25, 0.3) is 0 Å². The van der Waals surface area contributed by atoms with Crippen molar-refractivity contribution in [3.63, 3.8) is 0 Å². The summed E-state index contributed by atoms with van der Waals surface area (Å²) in [6.07, 6.45) is 13.0. The van der Waals surface area contributed by atoms with Crippen LogP contribution in [0.4, 0.5) is 0 Å². The second kappa shape index (κ2) is 14.3. The van der Waals surface area contributed by atoms with Crippen LogP contribution in [0.2, 0.25) is 0 Å². The van der Waals surface area contributed by atoms with Gasteiger partial charge in [0.05, 0.1) is 0 Å². The highest BCUT2D eigenvalue weighted by Gasteiger charge is 2.18. The number of hydrogen-bond acceptors (Lipinski definition) is 3. The van der Waals surface area contributed by atoms with Crippen LogP contribution in [0.15, 0.2) is 18.2 Å². The van der Waals surface area contributed by atoms with Gasteiger partial charge in [0, 0.05) is 0 Å². The summed E-state index contributed by atoms with van der Waals surface area (Å²) in [4.78, 5) is 11.7. The average molecular weight is 391 g/mol. The second-order valence-corrected chi connectivity index (χ2v) is 8.33. The molecule has 4 nitrogen and oxygen atoms in total. The van der Waals surface area contributed by atoms with Crippen molar-refractivity contribution < 1.29 is 14.6 Å². The van der Waals surface area contributed by atoms with E-state index in [0.717, 1.165) is 24.8 Å². The molecule has 28 heavy (non-hydrogen) atoms. The number of carbonyl (C=O) groups excluding carboxylic acids is 1. The summed E-state index contributed by atoms with van der Waals surface area (Å²) >= 11 is 0. The van der Waals surface area contributed by atoms with E-state index in [1.165, 1.54) is 51.4 Å². The Kier molecular flexibility index (Phi) is 12.4. The molecule has 0 bridgehead atoms. The molecule has 4 heteroatoms. The number of unbranched alkanes of at least 4 members (excludes halogenated alkanes) is 9. The SMILES string of the molecule is CCCCCCCCCCCCC(Oc1ccc(O)c(CC(C)C)c1)C([NH])=O. The van der Waals surface area contributed by atoms with Gasteiger partial charge >= 0.3 is 0 Å². The first kappa shape index (κ1) is 24.3. The number of phenols is 1. The van der Waals surface area contributed by atoms with Crippen molar-refractivity contribution in [1.29, 1.82) is 0 Å². The van der Waals surface area contributed by atoms with Crippen molar-refractivity contribution in [1.82, 2.24) is 5.73 Å².